The summed E-state index contributed by atoms with van der Waals surface area (Å²) in [5.74, 6) is -0.384. The van der Waals surface area contributed by atoms with Crippen molar-refractivity contribution in [3.63, 3.8) is 0 Å². The largest absolute Gasteiger partial charge is 0.416 e. The molecule has 0 saturated carbocycles. The Morgan fingerprint density at radius 2 is 1.85 bits per heavy atom. The van der Waals surface area contributed by atoms with Crippen LogP contribution < -0.4 is 4.90 Å². The van der Waals surface area contributed by atoms with Gasteiger partial charge in [-0.3, -0.25) is 9.78 Å². The van der Waals surface area contributed by atoms with Gasteiger partial charge in [-0.2, -0.15) is 18.3 Å². The summed E-state index contributed by atoms with van der Waals surface area (Å²) in [4.78, 5) is 30.6. The van der Waals surface area contributed by atoms with Crippen LogP contribution in [0.2, 0.25) is 0 Å². The number of carbonyl (C=O) groups excluding carboxylic acids is 2. The van der Waals surface area contributed by atoms with E-state index in [0.717, 1.165) is 17.0 Å². The number of imide groups is 1. The van der Waals surface area contributed by atoms with Gasteiger partial charge in [-0.15, -0.1) is 0 Å². The van der Waals surface area contributed by atoms with Crippen molar-refractivity contribution in [1.29, 1.82) is 0 Å². The fraction of sp³-hybridized carbons (Fsp3) is 0.167. The first-order valence-electron chi connectivity index (χ1n) is 10.2. The lowest BCUT2D eigenvalue weighted by Gasteiger charge is -2.33. The zero-order valence-electron chi connectivity index (χ0n) is 17.6. The van der Waals surface area contributed by atoms with Gasteiger partial charge in [0.15, 0.2) is 0 Å². The van der Waals surface area contributed by atoms with Crippen molar-refractivity contribution < 1.29 is 22.8 Å². The maximum absolute atomic E-state index is 13.0. The summed E-state index contributed by atoms with van der Waals surface area (Å²) >= 11 is 0. The molecule has 1 aromatic heterocycles. The third kappa shape index (κ3) is 4.62. The molecule has 1 aliphatic heterocycles. The highest BCUT2D eigenvalue weighted by atomic mass is 19.4. The third-order valence-electron chi connectivity index (χ3n) is 5.18. The standard InChI is InChI=1S/C24H19F3N4O2/c1-2-22(32)31-21-10-7-18(17-5-8-20(9-6-17)24(25,26)27)12-19(21)15-30(23(31)33)29-14-16-4-3-11-28-13-16/h3-14H,2,15H2,1H3. The summed E-state index contributed by atoms with van der Waals surface area (Å²) in [6, 6.07) is 12.8. The Hall–Kier alpha value is -4.01. The van der Waals surface area contributed by atoms with E-state index in [0.29, 0.717) is 27.9 Å². The normalized spacial score (nSPS) is 14.0. The second kappa shape index (κ2) is 8.85. The number of anilines is 1. The molecule has 0 bridgehead atoms. The van der Waals surface area contributed by atoms with Gasteiger partial charge in [0.2, 0.25) is 5.91 Å². The van der Waals surface area contributed by atoms with Crippen molar-refractivity contribution in [2.45, 2.75) is 26.1 Å². The Labute approximate surface area is 188 Å². The quantitative estimate of drug-likeness (QED) is 0.493. The SMILES string of the molecule is CCC(=O)N1C(=O)N(N=Cc2cccnc2)Cc2cc(-c3ccc(C(F)(F)F)cc3)ccc21. The van der Waals surface area contributed by atoms with Crippen molar-refractivity contribution in [2.24, 2.45) is 5.10 Å². The minimum atomic E-state index is -4.41. The summed E-state index contributed by atoms with van der Waals surface area (Å²) in [6.45, 7) is 1.76. The summed E-state index contributed by atoms with van der Waals surface area (Å²) in [6.07, 6.45) is 0.381. The molecule has 6 nitrogen and oxygen atoms in total. The number of halogens is 3. The van der Waals surface area contributed by atoms with E-state index in [9.17, 15) is 22.8 Å². The average Bonchev–Trinajstić information content (AvgIpc) is 2.82. The Kier molecular flexibility index (Phi) is 5.95. The van der Waals surface area contributed by atoms with Gasteiger partial charge in [0.05, 0.1) is 24.0 Å². The molecular formula is C24H19F3N4O2. The minimum absolute atomic E-state index is 0.104. The molecule has 168 valence electrons. The van der Waals surface area contributed by atoms with Crippen molar-refractivity contribution in [3.8, 4) is 11.1 Å². The van der Waals surface area contributed by atoms with Gasteiger partial charge >= 0.3 is 12.2 Å². The van der Waals surface area contributed by atoms with Gasteiger partial charge in [0.25, 0.3) is 0 Å². The predicted molar refractivity (Wildman–Crippen MR) is 117 cm³/mol. The number of rotatable bonds is 4. The lowest BCUT2D eigenvalue weighted by atomic mass is 9.99. The second-order valence-corrected chi connectivity index (χ2v) is 7.37. The molecule has 3 amide bonds. The molecule has 9 heteroatoms. The molecule has 0 atom stereocenters. The van der Waals surface area contributed by atoms with Gasteiger partial charge in [0, 0.05) is 24.4 Å². The van der Waals surface area contributed by atoms with Crippen LogP contribution in [0.5, 0.6) is 0 Å². The molecular weight excluding hydrogens is 433 g/mol. The monoisotopic (exact) mass is 452 g/mol. The Bertz CT molecular complexity index is 1210. The zero-order chi connectivity index (χ0) is 23.6. The molecule has 2 heterocycles. The summed E-state index contributed by atoms with van der Waals surface area (Å²) in [5, 5.41) is 5.42. The molecule has 2 aromatic carbocycles. The van der Waals surface area contributed by atoms with Crippen LogP contribution >= 0.6 is 0 Å². The van der Waals surface area contributed by atoms with Crippen LogP contribution in [0.3, 0.4) is 0 Å². The smallest absolute Gasteiger partial charge is 0.274 e. The van der Waals surface area contributed by atoms with E-state index in [1.54, 1.807) is 49.6 Å². The molecule has 0 fully saturated rings. The number of alkyl halides is 3. The van der Waals surface area contributed by atoms with Crippen molar-refractivity contribution >= 4 is 23.8 Å². The van der Waals surface area contributed by atoms with Gasteiger partial charge in [-0.05, 0) is 47.0 Å². The van der Waals surface area contributed by atoms with Crippen molar-refractivity contribution in [1.82, 2.24) is 9.99 Å². The maximum atomic E-state index is 13.0. The van der Waals surface area contributed by atoms with Crippen LogP contribution in [0.25, 0.3) is 11.1 Å². The lowest BCUT2D eigenvalue weighted by Crippen LogP contribution is -2.47. The summed E-state index contributed by atoms with van der Waals surface area (Å²) < 4.78 is 38.6. The Morgan fingerprint density at radius 1 is 1.12 bits per heavy atom. The predicted octanol–water partition coefficient (Wildman–Crippen LogP) is 5.48. The van der Waals surface area contributed by atoms with Gasteiger partial charge < -0.3 is 0 Å². The van der Waals surface area contributed by atoms with Crippen LogP contribution in [-0.2, 0) is 17.5 Å². The van der Waals surface area contributed by atoms with E-state index in [-0.39, 0.29) is 18.9 Å². The Balaban J connectivity index is 1.70. The first-order chi connectivity index (χ1) is 15.8. The highest BCUT2D eigenvalue weighted by Gasteiger charge is 2.34. The van der Waals surface area contributed by atoms with E-state index < -0.39 is 17.8 Å². The molecule has 1 aliphatic rings. The van der Waals surface area contributed by atoms with E-state index in [1.165, 1.54) is 23.4 Å². The van der Waals surface area contributed by atoms with Crippen LogP contribution in [-0.4, -0.2) is 28.1 Å². The summed E-state index contributed by atoms with van der Waals surface area (Å²) in [5.41, 5.74) is 2.29. The number of hydrazone groups is 1. The van der Waals surface area contributed by atoms with E-state index in [1.807, 2.05) is 0 Å². The maximum Gasteiger partial charge on any atom is 0.416 e. The van der Waals surface area contributed by atoms with Gasteiger partial charge in [-0.25, -0.2) is 14.7 Å². The van der Waals surface area contributed by atoms with Gasteiger partial charge in [-0.1, -0.05) is 31.2 Å². The highest BCUT2D eigenvalue weighted by molar-refractivity contribution is 6.15. The number of aromatic nitrogens is 1. The molecule has 3 aromatic rings. The van der Waals surface area contributed by atoms with Crippen LogP contribution in [0.4, 0.5) is 23.7 Å². The number of fused-ring (bicyclic) bond motifs is 1. The van der Waals surface area contributed by atoms with E-state index in [4.69, 9.17) is 0 Å². The molecule has 33 heavy (non-hydrogen) atoms. The zero-order valence-corrected chi connectivity index (χ0v) is 17.6. The topological polar surface area (TPSA) is 65.9 Å². The molecule has 4 rings (SSSR count). The van der Waals surface area contributed by atoms with E-state index in [2.05, 4.69) is 10.1 Å². The number of pyridine rings is 1. The fourth-order valence-corrected chi connectivity index (χ4v) is 3.49. The molecule has 0 unspecified atom stereocenters. The lowest BCUT2D eigenvalue weighted by molar-refractivity contribution is -0.137. The van der Waals surface area contributed by atoms with Crippen LogP contribution in [0.15, 0.2) is 72.1 Å². The van der Waals surface area contributed by atoms with Crippen molar-refractivity contribution in [3.05, 3.63) is 83.7 Å². The fourth-order valence-electron chi connectivity index (χ4n) is 3.49. The molecule has 0 N–H and O–H groups in total. The summed E-state index contributed by atoms with van der Waals surface area (Å²) in [7, 11) is 0. The number of nitrogens with zero attached hydrogens (tertiary/aromatic N) is 4. The Morgan fingerprint density at radius 3 is 2.48 bits per heavy atom. The van der Waals surface area contributed by atoms with Crippen molar-refractivity contribution in [2.75, 3.05) is 4.90 Å². The van der Waals surface area contributed by atoms with Crippen LogP contribution in [0.1, 0.15) is 30.0 Å². The first kappa shape index (κ1) is 22.2. The first-order valence-corrected chi connectivity index (χ1v) is 10.2. The van der Waals surface area contributed by atoms with Crippen LogP contribution in [0, 0.1) is 0 Å². The number of amides is 3. The average molecular weight is 452 g/mol. The van der Waals surface area contributed by atoms with E-state index >= 15 is 0 Å². The molecule has 0 aliphatic carbocycles. The number of carbonyl (C=O) groups is 2. The van der Waals surface area contributed by atoms with Gasteiger partial charge in [0.1, 0.15) is 0 Å². The number of hydrogen-bond donors (Lipinski definition) is 0. The number of hydrogen-bond acceptors (Lipinski definition) is 4. The second-order valence-electron chi connectivity index (χ2n) is 7.37. The number of urea groups is 1. The minimum Gasteiger partial charge on any atom is -0.274 e. The molecule has 0 radical (unpaired) electrons. The molecule has 0 spiro atoms. The highest BCUT2D eigenvalue weighted by Crippen LogP contribution is 2.35. The number of benzene rings is 2. The third-order valence-corrected chi connectivity index (χ3v) is 5.18. The molecule has 0 saturated heterocycles.